The number of amides is 1. The number of rotatable bonds is 9. The van der Waals surface area contributed by atoms with Crippen LogP contribution in [0.25, 0.3) is 5.57 Å². The number of carbonyl (C=O) groups is 1. The first-order chi connectivity index (χ1) is 22.4. The average molecular weight is 742 g/mol. The van der Waals surface area contributed by atoms with Gasteiger partial charge in [0.2, 0.25) is 0 Å². The van der Waals surface area contributed by atoms with E-state index in [2.05, 4.69) is 35.8 Å². The summed E-state index contributed by atoms with van der Waals surface area (Å²) in [5, 5.41) is 0.720. The van der Waals surface area contributed by atoms with Crippen molar-refractivity contribution < 1.29 is 30.4 Å². The van der Waals surface area contributed by atoms with E-state index in [9.17, 15) is 30.4 Å². The molecule has 1 aliphatic heterocycles. The van der Waals surface area contributed by atoms with Gasteiger partial charge in [0.25, 0.3) is 25.8 Å². The second-order valence-corrected chi connectivity index (χ2v) is 17.6. The summed E-state index contributed by atoms with van der Waals surface area (Å²) in [6.07, 6.45) is 3.20. The molecule has 258 valence electrons. The number of nitrogens with two attached hydrogens (primary N) is 1. The summed E-state index contributed by atoms with van der Waals surface area (Å²) in [6.45, 7) is 8.73. The molecule has 1 amide bonds. The van der Waals surface area contributed by atoms with Crippen LogP contribution >= 0.6 is 23.2 Å². The maximum Gasteiger partial charge on any atom is 0.427 e. The normalized spacial score (nSPS) is 17.8. The number of nitrogens with one attached hydrogen (secondary N) is 1. The summed E-state index contributed by atoms with van der Waals surface area (Å²) < 4.78 is 74.1. The minimum atomic E-state index is -5.50. The molecule has 0 radical (unpaired) electrons. The molecule has 9 nitrogen and oxygen atoms in total. The van der Waals surface area contributed by atoms with E-state index < -0.39 is 46.0 Å². The first-order valence-corrected chi connectivity index (χ1v) is 18.9. The van der Waals surface area contributed by atoms with Crippen LogP contribution in [-0.4, -0.2) is 65.1 Å². The fourth-order valence-corrected chi connectivity index (χ4v) is 8.36. The number of carbonyl (C=O) groups excluding carboxylic acids is 1. The topological polar surface area (TPSA) is 130 Å². The Bertz CT molecular complexity index is 1940. The highest BCUT2D eigenvalue weighted by molar-refractivity contribution is 7.94. The molecule has 0 spiro atoms. The van der Waals surface area contributed by atoms with Crippen LogP contribution in [0.5, 0.6) is 0 Å². The summed E-state index contributed by atoms with van der Waals surface area (Å²) in [5.74, 6) is -0.990. The molecular weight excluding hydrogens is 705 g/mol. The predicted molar refractivity (Wildman–Crippen MR) is 185 cm³/mol. The zero-order valence-electron chi connectivity index (χ0n) is 26.3. The van der Waals surface area contributed by atoms with Crippen LogP contribution in [0.1, 0.15) is 49.0 Å². The van der Waals surface area contributed by atoms with Gasteiger partial charge >= 0.3 is 4.71 Å². The third-order valence-corrected chi connectivity index (χ3v) is 12.5. The molecule has 1 fully saturated rings. The molecule has 48 heavy (non-hydrogen) atoms. The SMILES string of the molecule is CC1(C)CCC(CN2CCN(c3ccc(C(=O)NS(=O)(=O)c4ccc(N)c(S(=O)(=O)C(F)(F)Cl)c4)cc3)CC2)=C(c2ccc(Cl)cc2)C1. The highest BCUT2D eigenvalue weighted by atomic mass is 35.5. The van der Waals surface area contributed by atoms with Crippen LogP contribution in [0.3, 0.4) is 0 Å². The fourth-order valence-electron chi connectivity index (χ4n) is 6.00. The number of sulfonamides is 1. The Morgan fingerprint density at radius 3 is 2.19 bits per heavy atom. The number of nitrogens with zero attached hydrogens (tertiary/aromatic N) is 2. The van der Waals surface area contributed by atoms with E-state index in [0.29, 0.717) is 6.07 Å². The smallest absolute Gasteiger partial charge is 0.398 e. The van der Waals surface area contributed by atoms with Gasteiger partial charge in [-0.2, -0.15) is 8.78 Å². The number of alkyl halides is 3. The molecule has 0 bridgehead atoms. The molecule has 1 saturated heterocycles. The van der Waals surface area contributed by atoms with Gasteiger partial charge in [-0.05, 0) is 102 Å². The Kier molecular flexibility index (Phi) is 10.2. The Hall–Kier alpha value is -3.23. The van der Waals surface area contributed by atoms with Gasteiger partial charge in [-0.25, -0.2) is 21.6 Å². The minimum absolute atomic E-state index is 0.0263. The van der Waals surface area contributed by atoms with E-state index in [-0.39, 0.29) is 11.0 Å². The molecule has 2 aliphatic rings. The van der Waals surface area contributed by atoms with Crippen molar-refractivity contribution in [1.29, 1.82) is 0 Å². The van der Waals surface area contributed by atoms with Crippen molar-refractivity contribution in [2.24, 2.45) is 5.41 Å². The van der Waals surface area contributed by atoms with E-state index >= 15 is 0 Å². The molecular formula is C33H36Cl2F2N4O5S2. The third-order valence-electron chi connectivity index (χ3n) is 8.78. The van der Waals surface area contributed by atoms with Gasteiger partial charge < -0.3 is 10.6 Å². The largest absolute Gasteiger partial charge is 0.427 e. The lowest BCUT2D eigenvalue weighted by molar-refractivity contribution is 0.0981. The number of halogens is 4. The Morgan fingerprint density at radius 1 is 0.958 bits per heavy atom. The molecule has 5 rings (SSSR count). The molecule has 3 N–H and O–H groups in total. The standard InChI is InChI=1S/C33H36Cl2F2N4O5S2/c1-32(2)14-13-24(28(20-32)22-3-7-25(34)8-4-22)21-40-15-17-41(18-16-40)26-9-5-23(6-10-26)31(42)39-48(45,46)27-11-12-29(38)30(19-27)47(43,44)33(35,36)37/h3-12,19H,13-18,20-21,38H2,1-2H3,(H,39,42). The summed E-state index contributed by atoms with van der Waals surface area (Å²) in [5.41, 5.74) is 10.1. The van der Waals surface area contributed by atoms with Crippen LogP contribution in [0, 0.1) is 5.41 Å². The lowest BCUT2D eigenvalue weighted by atomic mass is 9.72. The van der Waals surface area contributed by atoms with E-state index in [1.807, 2.05) is 16.9 Å². The maximum absolute atomic E-state index is 13.5. The van der Waals surface area contributed by atoms with Crippen molar-refractivity contribution >= 4 is 65.9 Å². The van der Waals surface area contributed by atoms with Gasteiger partial charge in [0, 0.05) is 49.0 Å². The highest BCUT2D eigenvalue weighted by Gasteiger charge is 2.45. The Labute approximate surface area is 289 Å². The molecule has 1 aliphatic carbocycles. The number of hydrogen-bond donors (Lipinski definition) is 2. The number of allylic oxidation sites excluding steroid dienone is 1. The fraction of sp³-hybridized carbons (Fsp3) is 0.364. The summed E-state index contributed by atoms with van der Waals surface area (Å²) in [4.78, 5) is 15.6. The van der Waals surface area contributed by atoms with Crippen molar-refractivity contribution in [2.75, 3.05) is 43.4 Å². The number of benzene rings is 3. The van der Waals surface area contributed by atoms with Gasteiger partial charge in [-0.1, -0.05) is 43.2 Å². The number of hydrogen-bond acceptors (Lipinski definition) is 8. The second-order valence-electron chi connectivity index (χ2n) is 12.8. The maximum atomic E-state index is 13.5. The van der Waals surface area contributed by atoms with Crippen LogP contribution in [0.4, 0.5) is 20.2 Å². The van der Waals surface area contributed by atoms with Crippen molar-refractivity contribution in [3.05, 3.63) is 88.5 Å². The molecule has 0 unspecified atom stereocenters. The monoisotopic (exact) mass is 740 g/mol. The van der Waals surface area contributed by atoms with Gasteiger partial charge in [0.1, 0.15) is 0 Å². The number of nitrogen functional groups attached to an aromatic ring is 1. The van der Waals surface area contributed by atoms with Crippen LogP contribution in [0.2, 0.25) is 5.02 Å². The molecule has 15 heteroatoms. The van der Waals surface area contributed by atoms with E-state index in [1.165, 1.54) is 28.8 Å². The van der Waals surface area contributed by atoms with Crippen molar-refractivity contribution in [3.63, 3.8) is 0 Å². The molecule has 1 heterocycles. The summed E-state index contributed by atoms with van der Waals surface area (Å²) >= 11 is 10.9. The quantitative estimate of drug-likeness (QED) is 0.191. The predicted octanol–water partition coefficient (Wildman–Crippen LogP) is 6.39. The van der Waals surface area contributed by atoms with Crippen LogP contribution in [-0.2, 0) is 19.9 Å². The second kappa shape index (κ2) is 13.6. The van der Waals surface area contributed by atoms with Gasteiger partial charge in [-0.3, -0.25) is 9.69 Å². The first-order valence-electron chi connectivity index (χ1n) is 15.2. The van der Waals surface area contributed by atoms with Crippen LogP contribution < -0.4 is 15.4 Å². The van der Waals surface area contributed by atoms with Gasteiger partial charge in [-0.15, -0.1) is 0 Å². The minimum Gasteiger partial charge on any atom is -0.398 e. The lowest BCUT2D eigenvalue weighted by Gasteiger charge is -2.39. The molecule has 0 atom stereocenters. The lowest BCUT2D eigenvalue weighted by Crippen LogP contribution is -2.47. The van der Waals surface area contributed by atoms with Crippen molar-refractivity contribution in [3.8, 4) is 0 Å². The van der Waals surface area contributed by atoms with E-state index in [0.717, 1.165) is 74.8 Å². The van der Waals surface area contributed by atoms with Gasteiger partial charge in [0.05, 0.1) is 15.5 Å². The number of anilines is 2. The summed E-state index contributed by atoms with van der Waals surface area (Å²) in [6, 6.07) is 16.6. The Morgan fingerprint density at radius 2 is 1.58 bits per heavy atom. The molecule has 0 aromatic heterocycles. The molecule has 0 saturated carbocycles. The van der Waals surface area contributed by atoms with E-state index in [4.69, 9.17) is 28.9 Å². The average Bonchev–Trinajstić information content (AvgIpc) is 3.02. The van der Waals surface area contributed by atoms with Crippen LogP contribution in [0.15, 0.2) is 82.1 Å². The zero-order valence-corrected chi connectivity index (χ0v) is 29.5. The molecule has 3 aromatic rings. The highest BCUT2D eigenvalue weighted by Crippen LogP contribution is 2.43. The van der Waals surface area contributed by atoms with Crippen molar-refractivity contribution in [2.45, 2.75) is 47.6 Å². The molecule has 3 aromatic carbocycles. The van der Waals surface area contributed by atoms with E-state index in [1.54, 1.807) is 12.1 Å². The first kappa shape index (κ1) is 36.1. The number of sulfone groups is 1. The Balaban J connectivity index is 1.22. The third kappa shape index (κ3) is 7.97. The zero-order chi connectivity index (χ0) is 35.1. The van der Waals surface area contributed by atoms with Gasteiger partial charge in [0.15, 0.2) is 0 Å². The summed E-state index contributed by atoms with van der Waals surface area (Å²) in [7, 11) is -10.2. The number of piperazine rings is 1. The van der Waals surface area contributed by atoms with Crippen molar-refractivity contribution in [1.82, 2.24) is 9.62 Å².